The van der Waals surface area contributed by atoms with E-state index in [0.29, 0.717) is 6.42 Å². The first kappa shape index (κ1) is 24.7. The predicted octanol–water partition coefficient (Wildman–Crippen LogP) is 4.09. The van der Waals surface area contributed by atoms with Crippen molar-refractivity contribution < 1.29 is 33.0 Å². The summed E-state index contributed by atoms with van der Waals surface area (Å²) in [6.45, 7) is 2.51. The van der Waals surface area contributed by atoms with Gasteiger partial charge in [0.2, 0.25) is 0 Å². The van der Waals surface area contributed by atoms with E-state index in [1.807, 2.05) is 0 Å². The van der Waals surface area contributed by atoms with Crippen LogP contribution in [0, 0.1) is 11.8 Å². The second kappa shape index (κ2) is 12.3. The Morgan fingerprint density at radius 3 is 2.66 bits per heavy atom. The zero-order valence-corrected chi connectivity index (χ0v) is 18.9. The molecule has 29 heavy (non-hydrogen) atoms. The number of rotatable bonds is 12. The van der Waals surface area contributed by atoms with Crippen molar-refractivity contribution in [2.75, 3.05) is 27.0 Å². The van der Waals surface area contributed by atoms with Crippen molar-refractivity contribution in [2.45, 2.75) is 76.8 Å². The van der Waals surface area contributed by atoms with Gasteiger partial charge in [-0.05, 0) is 64.2 Å². The van der Waals surface area contributed by atoms with Gasteiger partial charge in [-0.3, -0.25) is 9.36 Å². The van der Waals surface area contributed by atoms with Crippen LogP contribution in [0.3, 0.4) is 0 Å². The number of ether oxygens (including phenoxy) is 2. The Hall–Kier alpha value is -0.560. The van der Waals surface area contributed by atoms with Crippen molar-refractivity contribution in [1.82, 2.24) is 0 Å². The Balaban J connectivity index is 1.99. The van der Waals surface area contributed by atoms with Gasteiger partial charge >= 0.3 is 7.60 Å². The summed E-state index contributed by atoms with van der Waals surface area (Å²) < 4.78 is 34.2. The smallest absolute Gasteiger partial charge is 0.337 e. The minimum atomic E-state index is -3.39. The van der Waals surface area contributed by atoms with Gasteiger partial charge in [0.25, 0.3) is 0 Å². The first-order valence-electron chi connectivity index (χ1n) is 10.7. The van der Waals surface area contributed by atoms with Gasteiger partial charge in [-0.1, -0.05) is 12.2 Å². The van der Waals surface area contributed by atoms with Gasteiger partial charge in [-0.2, -0.15) is 0 Å². The van der Waals surface area contributed by atoms with E-state index >= 15 is 0 Å². The van der Waals surface area contributed by atoms with Gasteiger partial charge in [0.1, 0.15) is 11.9 Å². The molecule has 168 valence electrons. The maximum absolute atomic E-state index is 12.9. The molecular formula is C21H37O7P. The summed E-state index contributed by atoms with van der Waals surface area (Å²) in [5, 5.41) is 9.38. The second-order valence-electron chi connectivity index (χ2n) is 8.10. The van der Waals surface area contributed by atoms with E-state index in [9.17, 15) is 14.5 Å². The van der Waals surface area contributed by atoms with Crippen LogP contribution in [0.25, 0.3) is 0 Å². The third kappa shape index (κ3) is 8.23. The quantitative estimate of drug-likeness (QED) is 0.282. The van der Waals surface area contributed by atoms with Gasteiger partial charge in [-0.25, -0.2) is 0 Å². The number of hydrogen-bond acceptors (Lipinski definition) is 7. The number of aliphatic hydroxyl groups excluding tert-OH is 1. The summed E-state index contributed by atoms with van der Waals surface area (Å²) in [6.07, 6.45) is 10.3. The van der Waals surface area contributed by atoms with Crippen LogP contribution in [0.4, 0.5) is 0 Å². The number of carbonyl (C=O) groups excluding carboxylic acids is 1. The topological polar surface area (TPSA) is 91.3 Å². The molecular weight excluding hydrogens is 395 g/mol. The highest BCUT2D eigenvalue weighted by Crippen LogP contribution is 2.48. The average molecular weight is 432 g/mol. The molecule has 1 N–H and O–H groups in total. The van der Waals surface area contributed by atoms with E-state index in [1.54, 1.807) is 6.92 Å². The van der Waals surface area contributed by atoms with Crippen LogP contribution in [-0.2, 0) is 27.9 Å². The molecule has 5 atom stereocenters. The van der Waals surface area contributed by atoms with Gasteiger partial charge in [0.15, 0.2) is 6.29 Å². The molecule has 7 nitrogen and oxygen atoms in total. The fourth-order valence-electron chi connectivity index (χ4n) is 4.06. The number of hydrogen-bond donors (Lipinski definition) is 1. The van der Waals surface area contributed by atoms with Crippen LogP contribution in [0.1, 0.15) is 58.3 Å². The van der Waals surface area contributed by atoms with E-state index < -0.39 is 7.60 Å². The molecule has 8 heteroatoms. The number of ketones is 1. The van der Waals surface area contributed by atoms with Crippen LogP contribution >= 0.6 is 7.60 Å². The van der Waals surface area contributed by atoms with Crippen molar-refractivity contribution in [3.63, 3.8) is 0 Å². The van der Waals surface area contributed by atoms with E-state index in [1.165, 1.54) is 14.2 Å². The monoisotopic (exact) mass is 432 g/mol. The highest BCUT2D eigenvalue weighted by Gasteiger charge is 2.41. The van der Waals surface area contributed by atoms with Gasteiger partial charge in [0.05, 0.1) is 12.2 Å². The molecule has 0 bridgehead atoms. The van der Waals surface area contributed by atoms with Gasteiger partial charge in [0, 0.05) is 26.7 Å². The van der Waals surface area contributed by atoms with Crippen LogP contribution in [0.2, 0.25) is 0 Å². The van der Waals surface area contributed by atoms with Crippen LogP contribution in [0.15, 0.2) is 12.2 Å². The van der Waals surface area contributed by atoms with E-state index in [4.69, 9.17) is 18.5 Å². The largest absolute Gasteiger partial charge is 0.393 e. The summed E-state index contributed by atoms with van der Waals surface area (Å²) in [4.78, 5) is 12.9. The molecule has 1 heterocycles. The van der Waals surface area contributed by atoms with Crippen molar-refractivity contribution in [3.8, 4) is 0 Å². The number of carbonyl (C=O) groups is 1. The third-order valence-electron chi connectivity index (χ3n) is 5.75. The molecule has 1 saturated carbocycles. The van der Waals surface area contributed by atoms with Crippen molar-refractivity contribution in [3.05, 3.63) is 12.2 Å². The lowest BCUT2D eigenvalue weighted by Crippen LogP contribution is -2.27. The van der Waals surface area contributed by atoms with Gasteiger partial charge in [-0.15, -0.1) is 0 Å². The van der Waals surface area contributed by atoms with Crippen LogP contribution < -0.4 is 0 Å². The standard InChI is InChI=1S/C21H37O7P/c1-16(22)9-5-4-6-10-17-13-18(28-21-11-7-8-12-27-21)14-19(17)20(23)15-29(24,25-2)26-3/h6,10,16-19,21-22H,4-5,7-9,11-15H2,1-3H3/b10-6+/t16-,17+,18-,19-,21?/m0/s1. The zero-order valence-electron chi connectivity index (χ0n) is 18.0. The van der Waals surface area contributed by atoms with E-state index in [-0.39, 0.29) is 42.3 Å². The average Bonchev–Trinajstić information content (AvgIpc) is 3.10. The maximum Gasteiger partial charge on any atom is 0.337 e. The van der Waals surface area contributed by atoms with E-state index in [0.717, 1.165) is 51.6 Å². The number of Topliss-reactive ketones (excluding diaryl/α,β-unsaturated/α-hetero) is 1. The highest BCUT2D eigenvalue weighted by molar-refractivity contribution is 7.54. The molecule has 1 aliphatic heterocycles. The second-order valence-corrected chi connectivity index (χ2v) is 10.4. The molecule has 0 radical (unpaired) electrons. The Morgan fingerprint density at radius 1 is 1.28 bits per heavy atom. The molecule has 0 spiro atoms. The molecule has 0 aromatic carbocycles. The molecule has 1 unspecified atom stereocenters. The van der Waals surface area contributed by atoms with Crippen molar-refractivity contribution in [1.29, 1.82) is 0 Å². The SMILES string of the molecule is COP(=O)(CC(=O)[C@H]1C[C@@H](OC2CCCCO2)C[C@H]1/C=C/CCC[C@H](C)O)OC. The molecule has 1 saturated heterocycles. The fraction of sp³-hybridized carbons (Fsp3) is 0.857. The Bertz CT molecular complexity index is 563. The van der Waals surface area contributed by atoms with Crippen LogP contribution in [-0.4, -0.2) is 56.4 Å². The Kier molecular flexibility index (Phi) is 10.5. The molecule has 0 aromatic rings. The zero-order chi connectivity index (χ0) is 21.3. The maximum atomic E-state index is 12.9. The summed E-state index contributed by atoms with van der Waals surface area (Å²) in [5.41, 5.74) is 0. The number of allylic oxidation sites excluding steroid dienone is 2. The number of unbranched alkanes of at least 4 members (excludes halogenated alkanes) is 1. The molecule has 2 fully saturated rings. The Morgan fingerprint density at radius 2 is 2.03 bits per heavy atom. The Labute approximate surface area is 174 Å². The summed E-state index contributed by atoms with van der Waals surface area (Å²) in [7, 11) is -0.778. The third-order valence-corrected chi connectivity index (χ3v) is 7.56. The lowest BCUT2D eigenvalue weighted by atomic mass is 9.92. The van der Waals surface area contributed by atoms with E-state index in [2.05, 4.69) is 12.2 Å². The molecule has 2 rings (SSSR count). The highest BCUT2D eigenvalue weighted by atomic mass is 31.2. The van der Waals surface area contributed by atoms with Gasteiger partial charge < -0.3 is 23.6 Å². The minimum Gasteiger partial charge on any atom is -0.393 e. The molecule has 2 aliphatic rings. The molecule has 0 aromatic heterocycles. The minimum absolute atomic E-state index is 0.0322. The normalized spacial score (nSPS) is 29.4. The molecule has 0 amide bonds. The fourth-order valence-corrected chi connectivity index (χ4v) is 5.09. The van der Waals surface area contributed by atoms with Crippen molar-refractivity contribution in [2.24, 2.45) is 11.8 Å². The molecule has 1 aliphatic carbocycles. The number of aliphatic hydroxyl groups is 1. The summed E-state index contributed by atoms with van der Waals surface area (Å²) in [5.74, 6) is -0.341. The predicted molar refractivity (Wildman–Crippen MR) is 111 cm³/mol. The lowest BCUT2D eigenvalue weighted by molar-refractivity contribution is -0.187. The first-order chi connectivity index (χ1) is 13.9. The van der Waals surface area contributed by atoms with Crippen LogP contribution in [0.5, 0.6) is 0 Å². The van der Waals surface area contributed by atoms with Crippen molar-refractivity contribution >= 4 is 13.4 Å². The lowest BCUT2D eigenvalue weighted by Gasteiger charge is -2.26. The summed E-state index contributed by atoms with van der Waals surface area (Å²) >= 11 is 0. The summed E-state index contributed by atoms with van der Waals surface area (Å²) in [6, 6.07) is 0. The first-order valence-corrected chi connectivity index (χ1v) is 12.4.